The molecule has 0 saturated heterocycles. The molecule has 0 aromatic carbocycles. The van der Waals surface area contributed by atoms with E-state index in [1.54, 1.807) is 0 Å². The third-order valence-corrected chi connectivity index (χ3v) is 3.53. The van der Waals surface area contributed by atoms with Crippen LogP contribution in [-0.4, -0.2) is 52.3 Å². The molecule has 0 aromatic heterocycles. The van der Waals surface area contributed by atoms with Gasteiger partial charge in [0.05, 0.1) is 0 Å². The molecule has 2 atom stereocenters. The Bertz CT molecular complexity index is 320. The number of aliphatic hydroxyl groups is 1. The van der Waals surface area contributed by atoms with Crippen LogP contribution in [-0.2, 0) is 9.59 Å². The van der Waals surface area contributed by atoms with Crippen LogP contribution < -0.4 is 34.9 Å². The number of carbonyl (C=O) groups is 2. The third-order valence-electron chi connectivity index (χ3n) is 3.53. The summed E-state index contributed by atoms with van der Waals surface area (Å²) in [6, 6.07) is -0.782. The molecule has 0 aromatic rings. The number of nitrogens with one attached hydrogen (secondary N) is 1. The van der Waals surface area contributed by atoms with E-state index in [9.17, 15) is 14.7 Å². The first kappa shape index (κ1) is 24.1. The molecule has 126 valence electrons. The first-order valence-corrected chi connectivity index (χ1v) is 7.83. The summed E-state index contributed by atoms with van der Waals surface area (Å²) in [7, 11) is 0. The number of nitrogens with zero attached hydrogens (tertiary/aromatic N) is 1. The van der Waals surface area contributed by atoms with Gasteiger partial charge < -0.3 is 17.0 Å². The second-order valence-electron chi connectivity index (χ2n) is 5.40. The van der Waals surface area contributed by atoms with E-state index in [1.165, 1.54) is 31.6 Å². The van der Waals surface area contributed by atoms with Gasteiger partial charge in [0.2, 0.25) is 5.91 Å². The fraction of sp³-hybridized carbons (Fsp3) is 0.867. The summed E-state index contributed by atoms with van der Waals surface area (Å²) in [5, 5.41) is 21.3. The Morgan fingerprint density at radius 2 is 1.77 bits per heavy atom. The number of carboxylic acid groups (broad SMARTS) is 1. The van der Waals surface area contributed by atoms with Crippen LogP contribution in [0.2, 0.25) is 0 Å². The van der Waals surface area contributed by atoms with E-state index in [2.05, 4.69) is 12.2 Å². The van der Waals surface area contributed by atoms with Crippen LogP contribution >= 0.6 is 0 Å². The zero-order valence-corrected chi connectivity index (χ0v) is 16.5. The number of hydrogen-bond donors (Lipinski definition) is 3. The monoisotopic (exact) mass is 326 g/mol. The molecule has 0 heterocycles. The number of hydrogen-bond acceptors (Lipinski definition) is 4. The molecule has 1 amide bonds. The Labute approximate surface area is 157 Å². The minimum Gasteiger partial charge on any atom is -1.00 e. The molecule has 0 aliphatic carbocycles. The van der Waals surface area contributed by atoms with E-state index in [4.69, 9.17) is 5.11 Å². The minimum atomic E-state index is -0.988. The Morgan fingerprint density at radius 3 is 2.27 bits per heavy atom. The molecule has 0 saturated carbocycles. The largest absolute Gasteiger partial charge is 1.00 e. The van der Waals surface area contributed by atoms with Gasteiger partial charge in [-0.1, -0.05) is 32.6 Å². The summed E-state index contributed by atoms with van der Waals surface area (Å²) >= 11 is 0. The zero-order valence-electron chi connectivity index (χ0n) is 15.5. The molecule has 0 rings (SSSR count). The van der Waals surface area contributed by atoms with E-state index in [-0.39, 0.29) is 36.9 Å². The second kappa shape index (κ2) is 14.5. The minimum absolute atomic E-state index is 0. The predicted octanol–water partition coefficient (Wildman–Crippen LogP) is -1.31. The number of rotatable bonds is 12. The summed E-state index contributed by atoms with van der Waals surface area (Å²) < 4.78 is 0. The smallest absolute Gasteiger partial charge is 1.00 e. The summed E-state index contributed by atoms with van der Waals surface area (Å²) in [4.78, 5) is 24.0. The van der Waals surface area contributed by atoms with Gasteiger partial charge in [0, 0.05) is 19.5 Å². The van der Waals surface area contributed by atoms with Crippen LogP contribution in [0.1, 0.15) is 60.7 Å². The number of carbonyl (C=O) groups excluding carboxylic acids is 1. The average Bonchev–Trinajstić information content (AvgIpc) is 2.42. The molecule has 0 radical (unpaired) electrons. The Kier molecular flexibility index (Phi) is 15.8. The number of unbranched alkanes of at least 4 members (excludes halogenated alkanes) is 4. The average molecular weight is 326 g/mol. The maximum atomic E-state index is 11.6. The van der Waals surface area contributed by atoms with Crippen molar-refractivity contribution < 1.29 is 50.8 Å². The molecule has 3 N–H and O–H groups in total. The maximum Gasteiger partial charge on any atom is 1.00 e. The van der Waals surface area contributed by atoms with Crippen molar-refractivity contribution in [1.29, 1.82) is 0 Å². The van der Waals surface area contributed by atoms with Gasteiger partial charge in [0.1, 0.15) is 12.3 Å². The van der Waals surface area contributed by atoms with Crippen molar-refractivity contribution >= 4 is 11.9 Å². The van der Waals surface area contributed by atoms with Crippen molar-refractivity contribution in [2.45, 2.75) is 71.6 Å². The van der Waals surface area contributed by atoms with Gasteiger partial charge in [-0.3, -0.25) is 14.5 Å². The van der Waals surface area contributed by atoms with Gasteiger partial charge in [-0.25, -0.2) is 0 Å². The maximum absolute atomic E-state index is 11.6. The molecule has 6 nitrogen and oxygen atoms in total. The third kappa shape index (κ3) is 11.4. The molecule has 0 fully saturated rings. The number of aliphatic carboxylic acids is 1. The standard InChI is InChI=1S/C15H30N2O4.Na.H/c1-4-5-6-7-8-9-14(19)16-10-11-17(13(3)18)12(2)15(20)21;;/h12-13,18H,4-11H2,1-3H3,(H,16,19)(H,20,21);;/q;+1;-1. The van der Waals surface area contributed by atoms with E-state index < -0.39 is 18.2 Å². The molecule has 2 unspecified atom stereocenters. The quantitative estimate of drug-likeness (QED) is 0.235. The number of amides is 1. The number of aliphatic hydroxyl groups excluding tert-OH is 1. The molecular formula is C15H31N2NaO4. The fourth-order valence-corrected chi connectivity index (χ4v) is 2.15. The summed E-state index contributed by atoms with van der Waals surface area (Å²) in [5.74, 6) is -1.00. The van der Waals surface area contributed by atoms with Crippen LogP contribution in [0.25, 0.3) is 0 Å². The summed E-state index contributed by atoms with van der Waals surface area (Å²) in [6.45, 7) is 5.85. The van der Waals surface area contributed by atoms with Crippen molar-refractivity contribution in [3.63, 3.8) is 0 Å². The van der Waals surface area contributed by atoms with Crippen molar-refractivity contribution in [3.8, 4) is 0 Å². The van der Waals surface area contributed by atoms with Crippen molar-refractivity contribution in [1.82, 2.24) is 10.2 Å². The van der Waals surface area contributed by atoms with E-state index in [0.29, 0.717) is 19.5 Å². The normalized spacial score (nSPS) is 13.3. The fourth-order valence-electron chi connectivity index (χ4n) is 2.15. The first-order valence-electron chi connectivity index (χ1n) is 7.83. The Balaban J connectivity index is -0.00000200. The Hall–Kier alpha value is -0.140. The molecule has 0 spiro atoms. The van der Waals surface area contributed by atoms with E-state index in [1.807, 2.05) is 0 Å². The zero-order chi connectivity index (χ0) is 16.3. The van der Waals surface area contributed by atoms with Crippen molar-refractivity contribution in [2.75, 3.05) is 13.1 Å². The molecular weight excluding hydrogens is 295 g/mol. The molecule has 0 bridgehead atoms. The molecule has 22 heavy (non-hydrogen) atoms. The summed E-state index contributed by atoms with van der Waals surface area (Å²) in [6.07, 6.45) is 5.15. The van der Waals surface area contributed by atoms with Crippen molar-refractivity contribution in [2.24, 2.45) is 0 Å². The topological polar surface area (TPSA) is 89.9 Å². The summed E-state index contributed by atoms with van der Waals surface area (Å²) in [5.41, 5.74) is 0. The molecule has 7 heteroatoms. The van der Waals surface area contributed by atoms with Crippen LogP contribution in [0.3, 0.4) is 0 Å². The van der Waals surface area contributed by atoms with Gasteiger partial charge in [0.15, 0.2) is 0 Å². The number of carboxylic acids is 1. The van der Waals surface area contributed by atoms with Gasteiger partial charge in [-0.15, -0.1) is 0 Å². The SMILES string of the molecule is CCCCCCCC(=O)NCCN(C(C)O)C(C)C(=O)O.[H-].[Na+]. The van der Waals surface area contributed by atoms with Gasteiger partial charge >= 0.3 is 35.5 Å². The predicted molar refractivity (Wildman–Crippen MR) is 83.0 cm³/mol. The van der Waals surface area contributed by atoms with Crippen LogP contribution in [0.15, 0.2) is 0 Å². The van der Waals surface area contributed by atoms with Gasteiger partial charge in [-0.2, -0.15) is 0 Å². The Morgan fingerprint density at radius 1 is 1.18 bits per heavy atom. The molecule has 0 aliphatic rings. The van der Waals surface area contributed by atoms with Gasteiger partial charge in [-0.05, 0) is 20.3 Å². The molecule has 0 aliphatic heterocycles. The van der Waals surface area contributed by atoms with Crippen molar-refractivity contribution in [3.05, 3.63) is 0 Å². The van der Waals surface area contributed by atoms with E-state index >= 15 is 0 Å². The first-order chi connectivity index (χ1) is 9.90. The van der Waals surface area contributed by atoms with Crippen LogP contribution in [0.5, 0.6) is 0 Å². The van der Waals surface area contributed by atoms with Gasteiger partial charge in [0.25, 0.3) is 0 Å². The van der Waals surface area contributed by atoms with Crippen LogP contribution in [0, 0.1) is 0 Å². The van der Waals surface area contributed by atoms with E-state index in [0.717, 1.165) is 19.3 Å². The second-order valence-corrected chi connectivity index (χ2v) is 5.40. The van der Waals surface area contributed by atoms with Crippen LogP contribution in [0.4, 0.5) is 0 Å².